The van der Waals surface area contributed by atoms with E-state index in [0.717, 1.165) is 45.9 Å². The van der Waals surface area contributed by atoms with E-state index in [9.17, 15) is 13.6 Å². The summed E-state index contributed by atoms with van der Waals surface area (Å²) in [6.07, 6.45) is 0.0909. The molecule has 0 saturated carbocycles. The molecule has 1 heterocycles. The molecule has 0 atom stereocenters. The molecule has 3 rings (SSSR count). The van der Waals surface area contributed by atoms with Crippen LogP contribution in [0.3, 0.4) is 0 Å². The van der Waals surface area contributed by atoms with E-state index in [1.54, 1.807) is 0 Å². The maximum Gasteiger partial charge on any atom is 0.228 e. The minimum atomic E-state index is -0.731. The SMILES string of the molecule is Cc1nc2ccccc2c(C)c1CC(=O)Nc1cc(F)cc(F)c1. The lowest BCUT2D eigenvalue weighted by Gasteiger charge is -2.13. The van der Waals surface area contributed by atoms with Gasteiger partial charge in [-0.1, -0.05) is 18.2 Å². The number of nitrogens with zero attached hydrogens (tertiary/aromatic N) is 1. The summed E-state index contributed by atoms with van der Waals surface area (Å²) < 4.78 is 26.4. The Morgan fingerprint density at radius 1 is 1.08 bits per heavy atom. The first-order valence-electron chi connectivity index (χ1n) is 7.55. The number of carbonyl (C=O) groups is 1. The second-order valence-electron chi connectivity index (χ2n) is 5.70. The molecule has 0 spiro atoms. The number of hydrogen-bond donors (Lipinski definition) is 1. The molecule has 0 radical (unpaired) electrons. The molecule has 1 amide bonds. The number of pyridine rings is 1. The van der Waals surface area contributed by atoms with E-state index in [0.29, 0.717) is 0 Å². The van der Waals surface area contributed by atoms with Crippen molar-refractivity contribution in [1.29, 1.82) is 0 Å². The summed E-state index contributed by atoms with van der Waals surface area (Å²) in [6, 6.07) is 10.6. The number of amides is 1. The minimum absolute atomic E-state index is 0.0909. The Morgan fingerprint density at radius 2 is 1.75 bits per heavy atom. The number of rotatable bonds is 3. The van der Waals surface area contributed by atoms with Crippen LogP contribution in [0.1, 0.15) is 16.8 Å². The normalized spacial score (nSPS) is 10.8. The smallest absolute Gasteiger partial charge is 0.228 e. The van der Waals surface area contributed by atoms with Crippen LogP contribution in [-0.2, 0) is 11.2 Å². The molecular weight excluding hydrogens is 310 g/mol. The predicted octanol–water partition coefficient (Wildman–Crippen LogP) is 4.31. The van der Waals surface area contributed by atoms with Crippen LogP contribution < -0.4 is 5.32 Å². The summed E-state index contributed by atoms with van der Waals surface area (Å²) in [7, 11) is 0. The fourth-order valence-corrected chi connectivity index (χ4v) is 2.82. The van der Waals surface area contributed by atoms with Crippen molar-refractivity contribution in [3.05, 3.63) is 70.9 Å². The molecule has 0 unspecified atom stereocenters. The van der Waals surface area contributed by atoms with Crippen LogP contribution in [0.15, 0.2) is 42.5 Å². The van der Waals surface area contributed by atoms with Gasteiger partial charge in [0.15, 0.2) is 0 Å². The van der Waals surface area contributed by atoms with Gasteiger partial charge in [-0.15, -0.1) is 0 Å². The van der Waals surface area contributed by atoms with Gasteiger partial charge in [0.05, 0.1) is 11.9 Å². The maximum absolute atomic E-state index is 13.2. The molecule has 5 heteroatoms. The van der Waals surface area contributed by atoms with Gasteiger partial charge in [-0.25, -0.2) is 8.78 Å². The van der Waals surface area contributed by atoms with Crippen LogP contribution in [0.5, 0.6) is 0 Å². The van der Waals surface area contributed by atoms with Gasteiger partial charge >= 0.3 is 0 Å². The van der Waals surface area contributed by atoms with Crippen molar-refractivity contribution in [2.24, 2.45) is 0 Å². The van der Waals surface area contributed by atoms with Crippen molar-refractivity contribution in [2.45, 2.75) is 20.3 Å². The van der Waals surface area contributed by atoms with Crippen LogP contribution in [0.4, 0.5) is 14.5 Å². The summed E-state index contributed by atoms with van der Waals surface area (Å²) in [5.74, 6) is -1.81. The van der Waals surface area contributed by atoms with E-state index in [4.69, 9.17) is 0 Å². The highest BCUT2D eigenvalue weighted by Crippen LogP contribution is 2.23. The average Bonchev–Trinajstić information content (AvgIpc) is 2.50. The Labute approximate surface area is 138 Å². The number of benzene rings is 2. The molecule has 0 saturated heterocycles. The molecule has 1 N–H and O–H groups in total. The zero-order chi connectivity index (χ0) is 17.3. The Morgan fingerprint density at radius 3 is 2.46 bits per heavy atom. The van der Waals surface area contributed by atoms with Crippen LogP contribution in [0.2, 0.25) is 0 Å². The first-order valence-corrected chi connectivity index (χ1v) is 7.55. The molecule has 3 nitrogen and oxygen atoms in total. The lowest BCUT2D eigenvalue weighted by Crippen LogP contribution is -2.16. The molecule has 122 valence electrons. The minimum Gasteiger partial charge on any atom is -0.326 e. The van der Waals surface area contributed by atoms with Crippen molar-refractivity contribution in [3.8, 4) is 0 Å². The second-order valence-corrected chi connectivity index (χ2v) is 5.70. The van der Waals surface area contributed by atoms with Crippen molar-refractivity contribution < 1.29 is 13.6 Å². The van der Waals surface area contributed by atoms with Crippen LogP contribution in [0, 0.1) is 25.5 Å². The molecule has 0 aliphatic heterocycles. The third-order valence-electron chi connectivity index (χ3n) is 3.97. The fourth-order valence-electron chi connectivity index (χ4n) is 2.82. The van der Waals surface area contributed by atoms with Gasteiger partial charge in [-0.2, -0.15) is 0 Å². The highest BCUT2D eigenvalue weighted by atomic mass is 19.1. The van der Waals surface area contributed by atoms with Gasteiger partial charge in [0.1, 0.15) is 11.6 Å². The van der Waals surface area contributed by atoms with Gasteiger partial charge in [-0.3, -0.25) is 9.78 Å². The first kappa shape index (κ1) is 16.1. The quantitative estimate of drug-likeness (QED) is 0.779. The lowest BCUT2D eigenvalue weighted by atomic mass is 9.99. The number of carbonyl (C=O) groups excluding carboxylic acids is 1. The Bertz CT molecular complexity index is 918. The fraction of sp³-hybridized carbons (Fsp3) is 0.158. The van der Waals surface area contributed by atoms with E-state index < -0.39 is 11.6 Å². The van der Waals surface area contributed by atoms with E-state index in [1.807, 2.05) is 38.1 Å². The number of para-hydroxylation sites is 1. The number of fused-ring (bicyclic) bond motifs is 1. The van der Waals surface area contributed by atoms with Gasteiger partial charge < -0.3 is 5.32 Å². The number of hydrogen-bond acceptors (Lipinski definition) is 2. The maximum atomic E-state index is 13.2. The Balaban J connectivity index is 1.88. The highest BCUT2D eigenvalue weighted by molar-refractivity contribution is 5.94. The Hall–Kier alpha value is -2.82. The summed E-state index contributed by atoms with van der Waals surface area (Å²) in [5.41, 5.74) is 3.55. The van der Waals surface area contributed by atoms with Crippen LogP contribution in [-0.4, -0.2) is 10.9 Å². The first-order chi connectivity index (χ1) is 11.4. The topological polar surface area (TPSA) is 42.0 Å². The molecule has 0 fully saturated rings. The van der Waals surface area contributed by atoms with Crippen molar-refractivity contribution in [1.82, 2.24) is 4.98 Å². The number of halogens is 2. The molecule has 3 aromatic rings. The molecule has 0 aliphatic carbocycles. The number of aromatic nitrogens is 1. The zero-order valence-electron chi connectivity index (χ0n) is 13.4. The number of anilines is 1. The second kappa shape index (κ2) is 6.35. The van der Waals surface area contributed by atoms with Crippen LogP contribution >= 0.6 is 0 Å². The molecule has 2 aromatic carbocycles. The molecular formula is C19H16F2N2O. The van der Waals surface area contributed by atoms with E-state index in [1.165, 1.54) is 0 Å². The van der Waals surface area contributed by atoms with E-state index >= 15 is 0 Å². The molecule has 0 aliphatic rings. The van der Waals surface area contributed by atoms with Crippen molar-refractivity contribution in [3.63, 3.8) is 0 Å². The molecule has 0 bridgehead atoms. The molecule has 24 heavy (non-hydrogen) atoms. The summed E-state index contributed by atoms with van der Waals surface area (Å²) >= 11 is 0. The predicted molar refractivity (Wildman–Crippen MR) is 89.9 cm³/mol. The van der Waals surface area contributed by atoms with Crippen molar-refractivity contribution >= 4 is 22.5 Å². The number of nitrogens with one attached hydrogen (secondary N) is 1. The highest BCUT2D eigenvalue weighted by Gasteiger charge is 2.13. The third kappa shape index (κ3) is 3.25. The molecule has 1 aromatic heterocycles. The standard InChI is InChI=1S/C19H16F2N2O/c1-11-16-5-3-4-6-18(16)22-12(2)17(11)10-19(24)23-15-8-13(20)7-14(21)9-15/h3-9H,10H2,1-2H3,(H,23,24). The third-order valence-corrected chi connectivity index (χ3v) is 3.97. The van der Waals surface area contributed by atoms with Gasteiger partial charge in [0, 0.05) is 22.8 Å². The summed E-state index contributed by atoms with van der Waals surface area (Å²) in [5, 5.41) is 3.52. The lowest BCUT2D eigenvalue weighted by molar-refractivity contribution is -0.115. The largest absolute Gasteiger partial charge is 0.326 e. The van der Waals surface area contributed by atoms with Gasteiger partial charge in [0.25, 0.3) is 0 Å². The van der Waals surface area contributed by atoms with Gasteiger partial charge in [-0.05, 0) is 43.2 Å². The average molecular weight is 326 g/mol. The van der Waals surface area contributed by atoms with E-state index in [2.05, 4.69) is 10.3 Å². The summed E-state index contributed by atoms with van der Waals surface area (Å²) in [4.78, 5) is 16.8. The van der Waals surface area contributed by atoms with E-state index in [-0.39, 0.29) is 18.0 Å². The summed E-state index contributed by atoms with van der Waals surface area (Å²) in [6.45, 7) is 3.80. The van der Waals surface area contributed by atoms with Gasteiger partial charge in [0.2, 0.25) is 5.91 Å². The Kier molecular flexibility index (Phi) is 4.25. The zero-order valence-corrected chi connectivity index (χ0v) is 13.4. The van der Waals surface area contributed by atoms with Crippen LogP contribution in [0.25, 0.3) is 10.9 Å². The number of aryl methyl sites for hydroxylation is 2. The van der Waals surface area contributed by atoms with Crippen molar-refractivity contribution in [2.75, 3.05) is 5.32 Å². The monoisotopic (exact) mass is 326 g/mol.